The Morgan fingerprint density at radius 1 is 1.14 bits per heavy atom. The molecular formula is C16H16N2O3. The highest BCUT2D eigenvalue weighted by Gasteiger charge is 2.19. The summed E-state index contributed by atoms with van der Waals surface area (Å²) in [4.78, 5) is 6.77. The third kappa shape index (κ3) is 1.93. The number of anilines is 1. The molecule has 5 heteroatoms. The molecule has 2 aromatic heterocycles. The van der Waals surface area contributed by atoms with Crippen LogP contribution in [0.15, 0.2) is 34.9 Å². The molecule has 0 radical (unpaired) electrons. The fourth-order valence-electron chi connectivity index (χ4n) is 2.85. The molecule has 1 saturated heterocycles. The van der Waals surface area contributed by atoms with Gasteiger partial charge in [0.1, 0.15) is 5.52 Å². The van der Waals surface area contributed by atoms with E-state index in [1.165, 1.54) is 0 Å². The normalized spacial score (nSPS) is 15.8. The van der Waals surface area contributed by atoms with E-state index in [9.17, 15) is 0 Å². The molecule has 0 atom stereocenters. The number of fused-ring (bicyclic) bond motifs is 3. The second-order valence-electron chi connectivity index (χ2n) is 5.05. The van der Waals surface area contributed by atoms with Crippen LogP contribution in [-0.4, -0.2) is 38.4 Å². The molecule has 1 aliphatic heterocycles. The Kier molecular flexibility index (Phi) is 2.93. The fourth-order valence-corrected chi connectivity index (χ4v) is 2.85. The zero-order valence-corrected chi connectivity index (χ0v) is 11.8. The first kappa shape index (κ1) is 12.5. The first-order valence-electron chi connectivity index (χ1n) is 7.05. The molecule has 4 rings (SSSR count). The van der Waals surface area contributed by atoms with Gasteiger partial charge in [-0.1, -0.05) is 6.07 Å². The monoisotopic (exact) mass is 284 g/mol. The lowest BCUT2D eigenvalue weighted by Gasteiger charge is -2.28. The van der Waals surface area contributed by atoms with Crippen molar-refractivity contribution in [3.63, 3.8) is 0 Å². The second-order valence-corrected chi connectivity index (χ2v) is 5.05. The predicted molar refractivity (Wildman–Crippen MR) is 81.1 cm³/mol. The van der Waals surface area contributed by atoms with Gasteiger partial charge in [-0.05, 0) is 18.2 Å². The molecule has 3 aromatic rings. The van der Waals surface area contributed by atoms with Crippen molar-refractivity contribution in [1.82, 2.24) is 4.98 Å². The van der Waals surface area contributed by atoms with Gasteiger partial charge < -0.3 is 18.8 Å². The number of pyridine rings is 1. The van der Waals surface area contributed by atoms with Crippen LogP contribution in [0.4, 0.5) is 5.69 Å². The number of hydrogen-bond acceptors (Lipinski definition) is 5. The Morgan fingerprint density at radius 3 is 2.81 bits per heavy atom. The molecule has 1 fully saturated rings. The highest BCUT2D eigenvalue weighted by Crippen LogP contribution is 2.37. The van der Waals surface area contributed by atoms with Crippen molar-refractivity contribution < 1.29 is 13.9 Å². The smallest absolute Gasteiger partial charge is 0.179 e. The minimum Gasteiger partial charge on any atom is -0.493 e. The average molecular weight is 284 g/mol. The molecule has 0 amide bonds. The minimum atomic E-state index is 0.735. The van der Waals surface area contributed by atoms with Crippen LogP contribution in [0.2, 0.25) is 0 Å². The van der Waals surface area contributed by atoms with Crippen molar-refractivity contribution >= 4 is 27.8 Å². The largest absolute Gasteiger partial charge is 0.493 e. The summed E-state index contributed by atoms with van der Waals surface area (Å²) in [5.74, 6) is 0.735. The summed E-state index contributed by atoms with van der Waals surface area (Å²) >= 11 is 0. The fraction of sp³-hybridized carbons (Fsp3) is 0.312. The number of ether oxygens (including phenoxy) is 2. The molecule has 0 spiro atoms. The number of rotatable bonds is 2. The topological polar surface area (TPSA) is 47.7 Å². The molecular weight excluding hydrogens is 268 g/mol. The molecule has 0 bridgehead atoms. The lowest BCUT2D eigenvalue weighted by molar-refractivity contribution is 0.122. The van der Waals surface area contributed by atoms with Crippen LogP contribution in [-0.2, 0) is 4.74 Å². The third-order valence-corrected chi connectivity index (χ3v) is 3.89. The number of benzene rings is 1. The predicted octanol–water partition coefficient (Wildman–Crippen LogP) is 2.83. The summed E-state index contributed by atoms with van der Waals surface area (Å²) in [6.45, 7) is 3.22. The lowest BCUT2D eigenvalue weighted by atomic mass is 10.2. The van der Waals surface area contributed by atoms with Crippen molar-refractivity contribution in [3.05, 3.63) is 30.5 Å². The molecule has 108 valence electrons. The van der Waals surface area contributed by atoms with Crippen LogP contribution >= 0.6 is 0 Å². The SMILES string of the molecule is COc1cccc2c1oc1c(N3CCOCC3)ccnc12. The number of nitrogens with zero attached hydrogens (tertiary/aromatic N) is 2. The number of hydrogen-bond donors (Lipinski definition) is 0. The van der Waals surface area contributed by atoms with Crippen LogP contribution < -0.4 is 9.64 Å². The molecule has 21 heavy (non-hydrogen) atoms. The van der Waals surface area contributed by atoms with Gasteiger partial charge in [-0.25, -0.2) is 0 Å². The van der Waals surface area contributed by atoms with E-state index in [2.05, 4.69) is 9.88 Å². The molecule has 0 N–H and O–H groups in total. The van der Waals surface area contributed by atoms with Gasteiger partial charge in [0.25, 0.3) is 0 Å². The van der Waals surface area contributed by atoms with Crippen LogP contribution in [0.3, 0.4) is 0 Å². The van der Waals surface area contributed by atoms with E-state index in [0.717, 1.165) is 59.8 Å². The maximum Gasteiger partial charge on any atom is 0.179 e. The Bertz CT molecular complexity index is 791. The number of aromatic nitrogens is 1. The lowest BCUT2D eigenvalue weighted by Crippen LogP contribution is -2.36. The first-order chi connectivity index (χ1) is 10.4. The molecule has 3 heterocycles. The van der Waals surface area contributed by atoms with Crippen molar-refractivity contribution in [1.29, 1.82) is 0 Å². The molecule has 5 nitrogen and oxygen atoms in total. The van der Waals surface area contributed by atoms with Crippen LogP contribution in [0, 0.1) is 0 Å². The van der Waals surface area contributed by atoms with Gasteiger partial charge >= 0.3 is 0 Å². The van der Waals surface area contributed by atoms with Crippen LogP contribution in [0.25, 0.3) is 22.1 Å². The van der Waals surface area contributed by atoms with Crippen molar-refractivity contribution in [2.45, 2.75) is 0 Å². The number of furan rings is 1. The zero-order valence-electron chi connectivity index (χ0n) is 11.8. The number of methoxy groups -OCH3 is 1. The third-order valence-electron chi connectivity index (χ3n) is 3.89. The van der Waals surface area contributed by atoms with Gasteiger partial charge in [0, 0.05) is 19.3 Å². The molecule has 0 saturated carbocycles. The molecule has 1 aliphatic rings. The van der Waals surface area contributed by atoms with Gasteiger partial charge in [0.15, 0.2) is 16.9 Å². The maximum absolute atomic E-state index is 6.09. The van der Waals surface area contributed by atoms with Gasteiger partial charge in [-0.15, -0.1) is 0 Å². The van der Waals surface area contributed by atoms with E-state index < -0.39 is 0 Å². The maximum atomic E-state index is 6.09. The summed E-state index contributed by atoms with van der Waals surface area (Å²) < 4.78 is 16.9. The summed E-state index contributed by atoms with van der Waals surface area (Å²) in [5.41, 5.74) is 3.52. The molecule has 1 aromatic carbocycles. The van der Waals surface area contributed by atoms with E-state index in [1.54, 1.807) is 7.11 Å². The molecule has 0 unspecified atom stereocenters. The standard InChI is InChI=1S/C16H16N2O3/c1-19-13-4-2-3-11-14-16(21-15(11)13)12(5-6-17-14)18-7-9-20-10-8-18/h2-6H,7-10H2,1H3. The average Bonchev–Trinajstić information content (AvgIpc) is 2.94. The van der Waals surface area contributed by atoms with Crippen LogP contribution in [0.1, 0.15) is 0 Å². The summed E-state index contributed by atoms with van der Waals surface area (Å²) in [6.07, 6.45) is 1.83. The summed E-state index contributed by atoms with van der Waals surface area (Å²) in [5, 5.41) is 0.986. The minimum absolute atomic E-state index is 0.735. The van der Waals surface area contributed by atoms with Gasteiger partial charge in [0.05, 0.1) is 31.4 Å². The highest BCUT2D eigenvalue weighted by molar-refractivity contribution is 6.08. The van der Waals surface area contributed by atoms with E-state index in [4.69, 9.17) is 13.9 Å². The zero-order chi connectivity index (χ0) is 14.2. The quantitative estimate of drug-likeness (QED) is 0.724. The van der Waals surface area contributed by atoms with E-state index in [0.29, 0.717) is 0 Å². The Hall–Kier alpha value is -2.27. The van der Waals surface area contributed by atoms with E-state index in [1.807, 2.05) is 30.5 Å². The van der Waals surface area contributed by atoms with Gasteiger partial charge in [-0.2, -0.15) is 0 Å². The molecule has 0 aliphatic carbocycles. The number of para-hydroxylation sites is 1. The van der Waals surface area contributed by atoms with Gasteiger partial charge in [0.2, 0.25) is 0 Å². The van der Waals surface area contributed by atoms with Crippen molar-refractivity contribution in [2.75, 3.05) is 38.3 Å². The first-order valence-corrected chi connectivity index (χ1v) is 7.05. The van der Waals surface area contributed by atoms with Gasteiger partial charge in [-0.3, -0.25) is 4.98 Å². The Balaban J connectivity index is 1.96. The Labute approximate surface area is 122 Å². The second kappa shape index (κ2) is 4.93. The van der Waals surface area contributed by atoms with E-state index >= 15 is 0 Å². The summed E-state index contributed by atoms with van der Waals surface area (Å²) in [6, 6.07) is 7.88. The summed E-state index contributed by atoms with van der Waals surface area (Å²) in [7, 11) is 1.65. The van der Waals surface area contributed by atoms with Crippen LogP contribution in [0.5, 0.6) is 5.75 Å². The number of morpholine rings is 1. The van der Waals surface area contributed by atoms with E-state index in [-0.39, 0.29) is 0 Å². The van der Waals surface area contributed by atoms with Crippen molar-refractivity contribution in [2.24, 2.45) is 0 Å². The Morgan fingerprint density at radius 2 is 2.00 bits per heavy atom. The van der Waals surface area contributed by atoms with Crippen molar-refractivity contribution in [3.8, 4) is 5.75 Å². The highest BCUT2D eigenvalue weighted by atomic mass is 16.5.